The van der Waals surface area contributed by atoms with Crippen molar-refractivity contribution in [2.75, 3.05) is 16.4 Å². The maximum atomic E-state index is 6.23. The smallest absolute Gasteiger partial charge is 0.120 e. The molecule has 0 spiro atoms. The first-order valence-electron chi connectivity index (χ1n) is 21.1. The Labute approximate surface area is 376 Å². The minimum Gasteiger partial charge on any atom is -0.494 e. The van der Waals surface area contributed by atoms with Crippen LogP contribution in [0.2, 0.25) is 0 Å². The number of unbranched alkanes of at least 4 members (excludes halogenated alkanes) is 7. The Kier molecular flexibility index (Phi) is 14.5. The van der Waals surface area contributed by atoms with Crippen molar-refractivity contribution in [2.24, 2.45) is 0 Å². The molecule has 1 heterocycles. The van der Waals surface area contributed by atoms with Crippen LogP contribution in [-0.4, -0.2) is 6.61 Å². The molecule has 7 aromatic carbocycles. The van der Waals surface area contributed by atoms with Gasteiger partial charge < -0.3 is 14.5 Å². The van der Waals surface area contributed by atoms with Crippen molar-refractivity contribution in [1.29, 1.82) is 0 Å². The van der Waals surface area contributed by atoms with Gasteiger partial charge in [0, 0.05) is 52.6 Å². The lowest BCUT2D eigenvalue weighted by molar-refractivity contribution is 0.304. The topological polar surface area (TPSA) is 15.7 Å². The molecule has 0 fully saturated rings. The molecular formula is C54H50Br2N2OS. The fraction of sp³-hybridized carbons (Fsp3) is 0.185. The number of nitrogens with zero attached hydrogens (tertiary/aromatic N) is 2. The van der Waals surface area contributed by atoms with Crippen LogP contribution in [0.3, 0.4) is 0 Å². The molecule has 1 aromatic heterocycles. The van der Waals surface area contributed by atoms with Crippen molar-refractivity contribution in [2.45, 2.75) is 57.8 Å². The van der Waals surface area contributed by atoms with Crippen LogP contribution in [0.1, 0.15) is 56.9 Å². The van der Waals surface area contributed by atoms with E-state index in [-0.39, 0.29) is 0 Å². The van der Waals surface area contributed by atoms with E-state index in [1.807, 2.05) is 11.3 Å². The average Bonchev–Trinajstić information content (AvgIpc) is 3.72. The van der Waals surface area contributed by atoms with Crippen LogP contribution in [0, 0.1) is 0 Å². The van der Waals surface area contributed by atoms with E-state index in [9.17, 15) is 0 Å². The van der Waals surface area contributed by atoms with Gasteiger partial charge in [-0.2, -0.15) is 0 Å². The summed E-state index contributed by atoms with van der Waals surface area (Å²) in [5.41, 5.74) is 9.51. The van der Waals surface area contributed by atoms with Crippen LogP contribution in [0.5, 0.6) is 5.75 Å². The second-order valence-electron chi connectivity index (χ2n) is 15.2. The molecule has 8 aromatic rings. The van der Waals surface area contributed by atoms with Gasteiger partial charge in [-0.25, -0.2) is 0 Å². The van der Waals surface area contributed by atoms with Crippen molar-refractivity contribution in [3.05, 3.63) is 196 Å². The maximum Gasteiger partial charge on any atom is 0.120 e. The second-order valence-corrected chi connectivity index (χ2v) is 18.2. The summed E-state index contributed by atoms with van der Waals surface area (Å²) in [6.07, 6.45) is 11.2. The molecule has 0 aliphatic rings. The molecule has 8 rings (SSSR count). The van der Waals surface area contributed by atoms with Crippen LogP contribution in [0.4, 0.5) is 34.1 Å². The van der Waals surface area contributed by atoms with E-state index in [0.717, 1.165) is 51.2 Å². The number of thiophene rings is 1. The van der Waals surface area contributed by atoms with E-state index in [1.54, 1.807) is 0 Å². The summed E-state index contributed by atoms with van der Waals surface area (Å²) in [5.74, 6) is 0.963. The zero-order valence-corrected chi connectivity index (χ0v) is 37.8. The largest absolute Gasteiger partial charge is 0.494 e. The number of para-hydroxylation sites is 2. The predicted octanol–water partition coefficient (Wildman–Crippen LogP) is 17.8. The maximum absolute atomic E-state index is 6.23. The van der Waals surface area contributed by atoms with Crippen LogP contribution < -0.4 is 14.5 Å². The molecule has 0 N–H and O–H groups in total. The van der Waals surface area contributed by atoms with Gasteiger partial charge in [0.25, 0.3) is 0 Å². The first-order valence-corrected chi connectivity index (χ1v) is 23.5. The Bertz CT molecular complexity index is 2440. The van der Waals surface area contributed by atoms with Gasteiger partial charge in [-0.1, -0.05) is 131 Å². The molecule has 0 saturated carbocycles. The van der Waals surface area contributed by atoms with Crippen molar-refractivity contribution in [1.82, 2.24) is 0 Å². The molecule has 0 saturated heterocycles. The number of hydrogen-bond acceptors (Lipinski definition) is 4. The summed E-state index contributed by atoms with van der Waals surface area (Å²) >= 11 is 9.00. The lowest BCUT2D eigenvalue weighted by Crippen LogP contribution is -2.09. The number of anilines is 6. The highest BCUT2D eigenvalue weighted by atomic mass is 79.9. The van der Waals surface area contributed by atoms with Crippen LogP contribution in [0.15, 0.2) is 191 Å². The third kappa shape index (κ3) is 11.0. The van der Waals surface area contributed by atoms with Crippen molar-refractivity contribution in [3.63, 3.8) is 0 Å². The highest BCUT2D eigenvalue weighted by Crippen LogP contribution is 2.40. The molecular weight excluding hydrogens is 884 g/mol. The Morgan fingerprint density at radius 3 is 1.40 bits per heavy atom. The van der Waals surface area contributed by atoms with Gasteiger partial charge >= 0.3 is 0 Å². The Morgan fingerprint density at radius 1 is 0.417 bits per heavy atom. The van der Waals surface area contributed by atoms with Gasteiger partial charge in [-0.05, 0) is 157 Å². The van der Waals surface area contributed by atoms with Gasteiger partial charge in [0.15, 0.2) is 0 Å². The SMILES string of the molecule is Brc1ccc(N(c2ccc(Br)cc2)c2ccc(-c3cc4ccc(OCCCCCCCCCCc5ccc(N(c6ccccc6)c6ccccc6)cc5)cc4s3)cc2)cc1. The standard InChI is InChI=1S/C54H50Br2N2OS/c55-44-25-33-50(34-26-44)58(51-35-27-45(56)28-36-51)49-31-22-42(23-32-49)53-39-43-24-37-52(40-54(43)60-53)59-38-14-6-4-2-1-3-5-9-15-41-20-29-48(30-21-41)57(46-16-10-7-11-17-46)47-18-12-8-13-19-47/h7-8,10-13,16-37,39-40H,1-6,9,14-15,38H2. The van der Waals surface area contributed by atoms with E-state index in [1.165, 1.54) is 88.1 Å². The van der Waals surface area contributed by atoms with Crippen molar-refractivity contribution in [3.8, 4) is 16.2 Å². The second kappa shape index (κ2) is 20.9. The summed E-state index contributed by atoms with van der Waals surface area (Å²) in [6, 6.07) is 65.0. The van der Waals surface area contributed by atoms with Gasteiger partial charge in [-0.3, -0.25) is 0 Å². The molecule has 60 heavy (non-hydrogen) atoms. The highest BCUT2D eigenvalue weighted by Gasteiger charge is 2.15. The third-order valence-electron chi connectivity index (χ3n) is 10.9. The molecule has 0 aliphatic carbocycles. The molecule has 0 aliphatic heterocycles. The van der Waals surface area contributed by atoms with Gasteiger partial charge in [0.05, 0.1) is 6.61 Å². The quantitative estimate of drug-likeness (QED) is 0.0752. The fourth-order valence-electron chi connectivity index (χ4n) is 7.74. The first kappa shape index (κ1) is 41.6. The lowest BCUT2D eigenvalue weighted by atomic mass is 10.0. The minimum absolute atomic E-state index is 0.770. The molecule has 3 nitrogen and oxygen atoms in total. The van der Waals surface area contributed by atoms with E-state index in [2.05, 4.69) is 224 Å². The van der Waals surface area contributed by atoms with E-state index in [0.29, 0.717) is 0 Å². The molecule has 0 radical (unpaired) electrons. The number of hydrogen-bond donors (Lipinski definition) is 0. The van der Waals surface area contributed by atoms with Crippen molar-refractivity contribution < 1.29 is 4.74 Å². The van der Waals surface area contributed by atoms with Gasteiger partial charge in [0.1, 0.15) is 5.75 Å². The molecule has 302 valence electrons. The minimum atomic E-state index is 0.770. The molecule has 0 bridgehead atoms. The summed E-state index contributed by atoms with van der Waals surface area (Å²) in [5, 5.41) is 1.25. The monoisotopic (exact) mass is 932 g/mol. The van der Waals surface area contributed by atoms with Crippen LogP contribution in [0.25, 0.3) is 20.5 Å². The highest BCUT2D eigenvalue weighted by molar-refractivity contribution is 9.10. The first-order chi connectivity index (χ1) is 29.6. The normalized spacial score (nSPS) is 11.2. The summed E-state index contributed by atoms with van der Waals surface area (Å²) in [4.78, 5) is 5.87. The van der Waals surface area contributed by atoms with Gasteiger partial charge in [0.2, 0.25) is 0 Å². The summed E-state index contributed by atoms with van der Waals surface area (Å²) in [7, 11) is 0. The number of aryl methyl sites for hydroxylation is 1. The van der Waals surface area contributed by atoms with Gasteiger partial charge in [-0.15, -0.1) is 11.3 Å². The average molecular weight is 935 g/mol. The predicted molar refractivity (Wildman–Crippen MR) is 265 cm³/mol. The number of rotatable bonds is 19. The number of benzene rings is 7. The third-order valence-corrected chi connectivity index (χ3v) is 13.1. The number of ether oxygens (including phenoxy) is 1. The summed E-state index contributed by atoms with van der Waals surface area (Å²) < 4.78 is 9.61. The Morgan fingerprint density at radius 2 is 0.867 bits per heavy atom. The zero-order valence-electron chi connectivity index (χ0n) is 33.9. The Balaban J connectivity index is 0.744. The van der Waals surface area contributed by atoms with E-state index < -0.39 is 0 Å². The molecule has 0 atom stereocenters. The summed E-state index contributed by atoms with van der Waals surface area (Å²) in [6.45, 7) is 0.770. The Hall–Kier alpha value is -5.14. The zero-order chi connectivity index (χ0) is 40.9. The molecule has 0 amide bonds. The molecule has 0 unspecified atom stereocenters. The van der Waals surface area contributed by atoms with E-state index in [4.69, 9.17) is 4.74 Å². The van der Waals surface area contributed by atoms with Crippen molar-refractivity contribution >= 4 is 87.4 Å². The fourth-order valence-corrected chi connectivity index (χ4v) is 9.37. The van der Waals surface area contributed by atoms with E-state index >= 15 is 0 Å². The molecule has 6 heteroatoms. The van der Waals surface area contributed by atoms with Crippen LogP contribution in [-0.2, 0) is 6.42 Å². The van der Waals surface area contributed by atoms with Crippen LogP contribution >= 0.6 is 43.2 Å². The number of fused-ring (bicyclic) bond motifs is 1. The number of halogens is 2. The lowest BCUT2D eigenvalue weighted by Gasteiger charge is -2.25.